The lowest BCUT2D eigenvalue weighted by atomic mass is 10.2. The van der Waals surface area contributed by atoms with E-state index < -0.39 is 0 Å². The Morgan fingerprint density at radius 3 is 2.52 bits per heavy atom. The number of benzene rings is 2. The molecule has 0 amide bonds. The Labute approximate surface area is 144 Å². The van der Waals surface area contributed by atoms with Crippen LogP contribution in [0.5, 0.6) is 11.5 Å². The van der Waals surface area contributed by atoms with Gasteiger partial charge in [-0.3, -0.25) is 4.98 Å². The molecule has 4 aromatic rings. The molecule has 0 aliphatic heterocycles. The Morgan fingerprint density at radius 2 is 1.68 bits per heavy atom. The van der Waals surface area contributed by atoms with Gasteiger partial charge in [0.25, 0.3) is 0 Å². The van der Waals surface area contributed by atoms with E-state index in [1.807, 2.05) is 42.5 Å². The average Bonchev–Trinajstić information content (AvgIpc) is 2.67. The number of anilines is 2. The lowest BCUT2D eigenvalue weighted by molar-refractivity contribution is 0.356. The summed E-state index contributed by atoms with van der Waals surface area (Å²) in [5.74, 6) is 1.97. The van der Waals surface area contributed by atoms with Gasteiger partial charge in [0.15, 0.2) is 11.5 Å². The van der Waals surface area contributed by atoms with Crippen molar-refractivity contribution in [1.29, 1.82) is 0 Å². The van der Waals surface area contributed by atoms with Crippen molar-refractivity contribution in [3.63, 3.8) is 0 Å². The molecule has 0 radical (unpaired) electrons. The monoisotopic (exact) mass is 332 g/mol. The fourth-order valence-electron chi connectivity index (χ4n) is 2.77. The zero-order valence-electron chi connectivity index (χ0n) is 13.9. The summed E-state index contributed by atoms with van der Waals surface area (Å²) in [5, 5.41) is 5.27. The predicted molar refractivity (Wildman–Crippen MR) is 97.7 cm³/mol. The van der Waals surface area contributed by atoms with Crippen LogP contribution in [0.1, 0.15) is 0 Å². The fraction of sp³-hybridized carbons (Fsp3) is 0.105. The highest BCUT2D eigenvalue weighted by molar-refractivity contribution is 5.94. The van der Waals surface area contributed by atoms with Gasteiger partial charge in [-0.15, -0.1) is 0 Å². The first-order valence-corrected chi connectivity index (χ1v) is 7.77. The number of methoxy groups -OCH3 is 2. The number of pyridine rings is 1. The molecular weight excluding hydrogens is 316 g/mol. The third-order valence-corrected chi connectivity index (χ3v) is 4.01. The van der Waals surface area contributed by atoms with E-state index in [1.165, 1.54) is 6.33 Å². The summed E-state index contributed by atoms with van der Waals surface area (Å²) in [6.45, 7) is 0. The summed E-state index contributed by atoms with van der Waals surface area (Å²) in [5.41, 5.74) is 2.65. The Morgan fingerprint density at radius 1 is 0.840 bits per heavy atom. The number of nitrogens with zero attached hydrogens (tertiary/aromatic N) is 3. The summed E-state index contributed by atoms with van der Waals surface area (Å²) in [4.78, 5) is 13.0. The first-order valence-electron chi connectivity index (χ1n) is 7.77. The Hall–Kier alpha value is -3.41. The quantitative estimate of drug-likeness (QED) is 0.610. The van der Waals surface area contributed by atoms with Crippen LogP contribution < -0.4 is 14.8 Å². The van der Waals surface area contributed by atoms with Crippen LogP contribution in [0.15, 0.2) is 55.0 Å². The smallest absolute Gasteiger partial charge is 0.162 e. The molecular formula is C19H16N4O2. The van der Waals surface area contributed by atoms with Crippen LogP contribution in [-0.2, 0) is 0 Å². The molecule has 2 aromatic heterocycles. The summed E-state index contributed by atoms with van der Waals surface area (Å²) >= 11 is 0. The van der Waals surface area contributed by atoms with Crippen molar-refractivity contribution >= 4 is 33.3 Å². The van der Waals surface area contributed by atoms with Gasteiger partial charge in [-0.05, 0) is 30.3 Å². The highest BCUT2D eigenvalue weighted by Gasteiger charge is 2.11. The minimum absolute atomic E-state index is 0.635. The highest BCUT2D eigenvalue weighted by atomic mass is 16.5. The second kappa shape index (κ2) is 6.24. The summed E-state index contributed by atoms with van der Waals surface area (Å²) in [6.07, 6.45) is 3.31. The molecule has 0 aliphatic carbocycles. The van der Waals surface area contributed by atoms with Crippen LogP contribution in [0, 0.1) is 0 Å². The second-order valence-corrected chi connectivity index (χ2v) is 5.48. The van der Waals surface area contributed by atoms with E-state index in [0.717, 1.165) is 27.5 Å². The maximum absolute atomic E-state index is 5.39. The van der Waals surface area contributed by atoms with Crippen LogP contribution in [0.3, 0.4) is 0 Å². The van der Waals surface area contributed by atoms with Crippen LogP contribution in [-0.4, -0.2) is 29.2 Å². The van der Waals surface area contributed by atoms with E-state index in [4.69, 9.17) is 9.47 Å². The third kappa shape index (κ3) is 2.78. The molecule has 0 bridgehead atoms. The lowest BCUT2D eigenvalue weighted by Gasteiger charge is -2.12. The van der Waals surface area contributed by atoms with Crippen LogP contribution >= 0.6 is 0 Å². The molecule has 4 rings (SSSR count). The van der Waals surface area contributed by atoms with Crippen LogP contribution in [0.25, 0.3) is 21.8 Å². The van der Waals surface area contributed by atoms with Gasteiger partial charge in [0, 0.05) is 28.7 Å². The predicted octanol–water partition coefficient (Wildman–Crippen LogP) is 3.94. The van der Waals surface area contributed by atoms with Gasteiger partial charge in [-0.1, -0.05) is 6.07 Å². The number of hydrogen-bond acceptors (Lipinski definition) is 6. The molecule has 0 aliphatic rings. The molecule has 0 saturated carbocycles. The van der Waals surface area contributed by atoms with Crippen LogP contribution in [0.2, 0.25) is 0 Å². The Bertz CT molecular complexity index is 1070. The number of fused-ring (bicyclic) bond motifs is 2. The van der Waals surface area contributed by atoms with Crippen molar-refractivity contribution < 1.29 is 9.47 Å². The average molecular weight is 332 g/mol. The molecule has 0 spiro atoms. The molecule has 0 atom stereocenters. The molecule has 1 N–H and O–H groups in total. The minimum atomic E-state index is 0.635. The zero-order chi connectivity index (χ0) is 17.2. The normalized spacial score (nSPS) is 10.8. The van der Waals surface area contributed by atoms with E-state index in [1.54, 1.807) is 20.4 Å². The largest absolute Gasteiger partial charge is 0.493 e. The van der Waals surface area contributed by atoms with Crippen molar-refractivity contribution in [2.24, 2.45) is 0 Å². The van der Waals surface area contributed by atoms with Crippen molar-refractivity contribution in [3.8, 4) is 11.5 Å². The fourth-order valence-corrected chi connectivity index (χ4v) is 2.77. The second-order valence-electron chi connectivity index (χ2n) is 5.48. The Kier molecular flexibility index (Phi) is 3.78. The number of nitrogens with one attached hydrogen (secondary N) is 1. The molecule has 0 fully saturated rings. The van der Waals surface area contributed by atoms with Gasteiger partial charge in [-0.2, -0.15) is 0 Å². The van der Waals surface area contributed by atoms with E-state index in [0.29, 0.717) is 17.3 Å². The van der Waals surface area contributed by atoms with E-state index in [-0.39, 0.29) is 0 Å². The van der Waals surface area contributed by atoms with Crippen molar-refractivity contribution in [2.45, 2.75) is 0 Å². The highest BCUT2D eigenvalue weighted by Crippen LogP contribution is 2.34. The topological polar surface area (TPSA) is 69.2 Å². The first kappa shape index (κ1) is 15.1. The molecule has 124 valence electrons. The molecule has 0 unspecified atom stereocenters. The Balaban J connectivity index is 1.79. The van der Waals surface area contributed by atoms with Gasteiger partial charge in [0.1, 0.15) is 12.1 Å². The third-order valence-electron chi connectivity index (χ3n) is 4.01. The molecule has 2 aromatic carbocycles. The van der Waals surface area contributed by atoms with E-state index >= 15 is 0 Å². The number of ether oxygens (including phenoxy) is 2. The molecule has 0 saturated heterocycles. The van der Waals surface area contributed by atoms with Crippen molar-refractivity contribution in [2.75, 3.05) is 19.5 Å². The van der Waals surface area contributed by atoms with Crippen LogP contribution in [0.4, 0.5) is 11.5 Å². The van der Waals surface area contributed by atoms with Gasteiger partial charge in [0.05, 0.1) is 25.3 Å². The molecule has 6 nitrogen and oxygen atoms in total. The SMILES string of the molecule is COc1cc2ncnc(Nc3ccc4ncccc4c3)c2cc1OC. The minimum Gasteiger partial charge on any atom is -0.493 e. The summed E-state index contributed by atoms with van der Waals surface area (Å²) in [6, 6.07) is 13.7. The number of rotatable bonds is 4. The number of aromatic nitrogens is 3. The maximum Gasteiger partial charge on any atom is 0.162 e. The zero-order valence-corrected chi connectivity index (χ0v) is 13.9. The van der Waals surface area contributed by atoms with E-state index in [2.05, 4.69) is 20.3 Å². The molecule has 25 heavy (non-hydrogen) atoms. The van der Waals surface area contributed by atoms with Crippen molar-refractivity contribution in [1.82, 2.24) is 15.0 Å². The lowest BCUT2D eigenvalue weighted by Crippen LogP contribution is -1.98. The molecule has 6 heteroatoms. The van der Waals surface area contributed by atoms with Gasteiger partial charge in [-0.25, -0.2) is 9.97 Å². The summed E-state index contributed by atoms with van der Waals surface area (Å²) in [7, 11) is 3.21. The summed E-state index contributed by atoms with van der Waals surface area (Å²) < 4.78 is 10.7. The standard InChI is InChI=1S/C19H16N4O2/c1-24-17-9-14-16(10-18(17)25-2)21-11-22-19(14)23-13-5-6-15-12(8-13)4-3-7-20-15/h3-11H,1-2H3,(H,21,22,23). The maximum atomic E-state index is 5.39. The van der Waals surface area contributed by atoms with Gasteiger partial charge in [0.2, 0.25) is 0 Å². The molecule has 2 heterocycles. The number of hydrogen-bond donors (Lipinski definition) is 1. The van der Waals surface area contributed by atoms with E-state index in [9.17, 15) is 0 Å². The van der Waals surface area contributed by atoms with Gasteiger partial charge >= 0.3 is 0 Å². The first-order chi connectivity index (χ1) is 12.3. The van der Waals surface area contributed by atoms with Gasteiger partial charge < -0.3 is 14.8 Å². The van der Waals surface area contributed by atoms with Crippen molar-refractivity contribution in [3.05, 3.63) is 55.0 Å².